The zero-order valence-corrected chi connectivity index (χ0v) is 8.05. The van der Waals surface area contributed by atoms with E-state index in [0.29, 0.717) is 0 Å². The number of rotatable bonds is 1. The Morgan fingerprint density at radius 1 is 1.20 bits per heavy atom. The molecule has 0 aromatic carbocycles. The van der Waals surface area contributed by atoms with E-state index < -0.39 is 0 Å². The van der Waals surface area contributed by atoms with Crippen molar-refractivity contribution in [2.24, 2.45) is 0 Å². The molecule has 1 rings (SSSR count). The summed E-state index contributed by atoms with van der Waals surface area (Å²) in [6, 6.07) is 3.94. The van der Waals surface area contributed by atoms with Crippen LogP contribution in [0, 0.1) is 38.2 Å². The molecular formula is C7H10DyN2. The SMILES string of the molecule is CN(C)c1ccncc1.[Dy]. The van der Waals surface area contributed by atoms with Gasteiger partial charge in [-0.15, -0.1) is 0 Å². The number of hydrogen-bond donors (Lipinski definition) is 0. The van der Waals surface area contributed by atoms with E-state index in [1.165, 1.54) is 5.69 Å². The molecular weight excluding hydrogens is 275 g/mol. The maximum absolute atomic E-state index is 3.90. The number of nitrogens with zero attached hydrogens (tertiary/aromatic N) is 2. The van der Waals surface area contributed by atoms with Gasteiger partial charge in [0.15, 0.2) is 0 Å². The fourth-order valence-electron chi connectivity index (χ4n) is 0.642. The minimum atomic E-state index is 0. The summed E-state index contributed by atoms with van der Waals surface area (Å²) >= 11 is 0. The van der Waals surface area contributed by atoms with Gasteiger partial charge in [-0.05, 0) is 12.1 Å². The summed E-state index contributed by atoms with van der Waals surface area (Å²) in [5.41, 5.74) is 1.19. The van der Waals surface area contributed by atoms with Gasteiger partial charge in [-0.1, -0.05) is 0 Å². The maximum Gasteiger partial charge on any atom is 0.0391 e. The summed E-state index contributed by atoms with van der Waals surface area (Å²) in [7, 11) is 4.02. The van der Waals surface area contributed by atoms with Crippen LogP contribution in [0.3, 0.4) is 0 Å². The zero-order valence-electron chi connectivity index (χ0n) is 6.02. The van der Waals surface area contributed by atoms with Gasteiger partial charge in [0.2, 0.25) is 0 Å². The molecule has 10 heavy (non-hydrogen) atoms. The summed E-state index contributed by atoms with van der Waals surface area (Å²) in [5.74, 6) is 0. The molecule has 0 aliphatic carbocycles. The zero-order chi connectivity index (χ0) is 6.69. The van der Waals surface area contributed by atoms with Crippen molar-refractivity contribution in [3.8, 4) is 0 Å². The molecule has 0 atom stereocenters. The summed E-state index contributed by atoms with van der Waals surface area (Å²) in [6.07, 6.45) is 3.57. The van der Waals surface area contributed by atoms with Gasteiger partial charge in [-0.3, -0.25) is 4.98 Å². The predicted molar refractivity (Wildman–Crippen MR) is 38.6 cm³/mol. The second kappa shape index (κ2) is 4.95. The largest absolute Gasteiger partial charge is 0.378 e. The Balaban J connectivity index is 0.000000810. The number of anilines is 1. The van der Waals surface area contributed by atoms with Crippen LogP contribution in [0.2, 0.25) is 0 Å². The topological polar surface area (TPSA) is 16.1 Å². The Hall–Kier alpha value is 0.223. The van der Waals surface area contributed by atoms with Crippen LogP contribution in [0.5, 0.6) is 0 Å². The first-order valence-corrected chi connectivity index (χ1v) is 2.88. The molecule has 0 N–H and O–H groups in total. The first-order valence-electron chi connectivity index (χ1n) is 2.88. The molecule has 0 saturated heterocycles. The van der Waals surface area contributed by atoms with Gasteiger partial charge in [-0.2, -0.15) is 0 Å². The molecule has 0 aliphatic heterocycles. The van der Waals surface area contributed by atoms with Crippen molar-refractivity contribution in [3.05, 3.63) is 24.5 Å². The van der Waals surface area contributed by atoms with Crippen molar-refractivity contribution < 1.29 is 38.2 Å². The smallest absolute Gasteiger partial charge is 0.0391 e. The van der Waals surface area contributed by atoms with Crippen LogP contribution in [0.1, 0.15) is 0 Å². The van der Waals surface area contributed by atoms with Gasteiger partial charge >= 0.3 is 0 Å². The van der Waals surface area contributed by atoms with Crippen LogP contribution < -0.4 is 4.90 Å². The van der Waals surface area contributed by atoms with E-state index in [9.17, 15) is 0 Å². The molecule has 1 aromatic rings. The van der Waals surface area contributed by atoms with Crippen LogP contribution in [0.15, 0.2) is 24.5 Å². The molecule has 0 radical (unpaired) electrons. The molecule has 3 heteroatoms. The molecule has 58 valence electrons. The second-order valence-electron chi connectivity index (χ2n) is 2.10. The van der Waals surface area contributed by atoms with Crippen LogP contribution >= 0.6 is 0 Å². The van der Waals surface area contributed by atoms with Gasteiger partial charge in [0.05, 0.1) is 0 Å². The van der Waals surface area contributed by atoms with Crippen molar-refractivity contribution in [1.29, 1.82) is 0 Å². The van der Waals surface area contributed by atoms with Gasteiger partial charge in [-0.25, -0.2) is 0 Å². The van der Waals surface area contributed by atoms with E-state index >= 15 is 0 Å². The summed E-state index contributed by atoms with van der Waals surface area (Å²) in [4.78, 5) is 5.94. The van der Waals surface area contributed by atoms with E-state index in [-0.39, 0.29) is 38.2 Å². The molecule has 0 spiro atoms. The third-order valence-corrected chi connectivity index (χ3v) is 1.18. The Morgan fingerprint density at radius 3 is 2.00 bits per heavy atom. The first-order chi connectivity index (χ1) is 4.30. The van der Waals surface area contributed by atoms with Crippen molar-refractivity contribution in [3.63, 3.8) is 0 Å². The normalized spacial score (nSPS) is 8.20. The molecule has 0 unspecified atom stereocenters. The minimum Gasteiger partial charge on any atom is -0.378 e. The molecule has 0 fully saturated rings. The van der Waals surface area contributed by atoms with Crippen LogP contribution in [-0.2, 0) is 0 Å². The minimum absolute atomic E-state index is 0. The van der Waals surface area contributed by atoms with E-state index in [1.54, 1.807) is 12.4 Å². The van der Waals surface area contributed by atoms with E-state index in [2.05, 4.69) is 4.98 Å². The van der Waals surface area contributed by atoms with E-state index in [1.807, 2.05) is 31.1 Å². The summed E-state index contributed by atoms with van der Waals surface area (Å²) < 4.78 is 0. The van der Waals surface area contributed by atoms with Gasteiger partial charge in [0.1, 0.15) is 0 Å². The van der Waals surface area contributed by atoms with E-state index in [0.717, 1.165) is 0 Å². The van der Waals surface area contributed by atoms with Crippen molar-refractivity contribution in [2.75, 3.05) is 19.0 Å². The number of pyridine rings is 1. The Labute approximate surface area is 91.7 Å². The monoisotopic (exact) mass is 286 g/mol. The first kappa shape index (κ1) is 10.2. The van der Waals surface area contributed by atoms with Crippen LogP contribution in [0.4, 0.5) is 5.69 Å². The van der Waals surface area contributed by atoms with E-state index in [4.69, 9.17) is 0 Å². The summed E-state index contributed by atoms with van der Waals surface area (Å²) in [6.45, 7) is 0. The maximum atomic E-state index is 3.90. The number of hydrogen-bond acceptors (Lipinski definition) is 2. The standard InChI is InChI=1S/C7H10N2.Dy/c1-9(2)7-3-5-8-6-4-7;/h3-6H,1-2H3;. The van der Waals surface area contributed by atoms with Gasteiger partial charge < -0.3 is 4.90 Å². The molecule has 1 heterocycles. The average Bonchev–Trinajstić information content (AvgIpc) is 1.90. The Morgan fingerprint density at radius 2 is 1.70 bits per heavy atom. The van der Waals surface area contributed by atoms with Gasteiger partial charge in [0, 0.05) is 70.4 Å². The third-order valence-electron chi connectivity index (χ3n) is 1.18. The summed E-state index contributed by atoms with van der Waals surface area (Å²) in [5, 5.41) is 0. The number of aromatic nitrogens is 1. The van der Waals surface area contributed by atoms with Crippen molar-refractivity contribution >= 4 is 5.69 Å². The fourth-order valence-corrected chi connectivity index (χ4v) is 0.642. The molecule has 0 aliphatic rings. The molecule has 0 saturated carbocycles. The Kier molecular flexibility index (Phi) is 5.06. The predicted octanol–water partition coefficient (Wildman–Crippen LogP) is 1.15. The fraction of sp³-hybridized carbons (Fsp3) is 0.286. The van der Waals surface area contributed by atoms with Crippen LogP contribution in [-0.4, -0.2) is 19.1 Å². The molecule has 2 nitrogen and oxygen atoms in total. The van der Waals surface area contributed by atoms with Crippen LogP contribution in [0.25, 0.3) is 0 Å². The molecule has 1 aromatic heterocycles. The molecule has 0 amide bonds. The third kappa shape index (κ3) is 2.87. The van der Waals surface area contributed by atoms with Crippen molar-refractivity contribution in [2.45, 2.75) is 0 Å². The van der Waals surface area contributed by atoms with Gasteiger partial charge in [0.25, 0.3) is 0 Å². The Bertz CT molecular complexity index is 174. The average molecular weight is 285 g/mol. The quantitative estimate of drug-likeness (QED) is 0.769. The second-order valence-corrected chi connectivity index (χ2v) is 2.10. The van der Waals surface area contributed by atoms with Crippen molar-refractivity contribution in [1.82, 2.24) is 4.98 Å². The molecule has 0 bridgehead atoms.